The molecule has 0 aliphatic carbocycles. The van der Waals surface area contributed by atoms with E-state index in [-0.39, 0.29) is 17.4 Å². The zero-order valence-electron chi connectivity index (χ0n) is 11.3. The van der Waals surface area contributed by atoms with Gasteiger partial charge in [-0.15, -0.1) is 0 Å². The zero-order chi connectivity index (χ0) is 12.9. The van der Waals surface area contributed by atoms with E-state index in [2.05, 4.69) is 50.4 Å². The van der Waals surface area contributed by atoms with Crippen molar-refractivity contribution in [3.05, 3.63) is 35.9 Å². The largest absolute Gasteiger partial charge is 0.354 e. The van der Waals surface area contributed by atoms with E-state index in [1.807, 2.05) is 13.0 Å². The van der Waals surface area contributed by atoms with Gasteiger partial charge in [-0.25, -0.2) is 0 Å². The molecule has 0 saturated carbocycles. The summed E-state index contributed by atoms with van der Waals surface area (Å²) in [6.45, 7) is 8.39. The van der Waals surface area contributed by atoms with Crippen LogP contribution >= 0.6 is 0 Å². The Morgan fingerprint density at radius 3 is 2.41 bits per heavy atom. The first-order chi connectivity index (χ1) is 7.95. The number of rotatable bonds is 5. The van der Waals surface area contributed by atoms with Gasteiger partial charge in [0.1, 0.15) is 0 Å². The predicted octanol–water partition coefficient (Wildman–Crippen LogP) is 3.27. The van der Waals surface area contributed by atoms with Gasteiger partial charge in [0.25, 0.3) is 0 Å². The number of nitrogens with one attached hydrogen (secondary N) is 1. The lowest BCUT2D eigenvalue weighted by Crippen LogP contribution is -2.36. The van der Waals surface area contributed by atoms with E-state index >= 15 is 0 Å². The Kier molecular flexibility index (Phi) is 4.73. The Labute approximate surface area is 104 Å². The topological polar surface area (TPSA) is 29.1 Å². The standard InChI is InChI=1S/C15H23NO/c1-5-14(17)16-12(2)11-15(3,4)13-9-7-6-8-10-13/h6-10,12H,5,11H2,1-4H3,(H,16,17)/t12-/m0/s1. The molecule has 0 radical (unpaired) electrons. The summed E-state index contributed by atoms with van der Waals surface area (Å²) in [6, 6.07) is 10.7. The van der Waals surface area contributed by atoms with Crippen molar-refractivity contribution in [2.75, 3.05) is 0 Å². The average Bonchev–Trinajstić information content (AvgIpc) is 2.29. The molecule has 17 heavy (non-hydrogen) atoms. The molecule has 0 aliphatic rings. The predicted molar refractivity (Wildman–Crippen MR) is 72.0 cm³/mol. The maximum atomic E-state index is 11.3. The SMILES string of the molecule is CCC(=O)N[C@@H](C)CC(C)(C)c1ccccc1. The van der Waals surface area contributed by atoms with E-state index in [0.29, 0.717) is 6.42 Å². The van der Waals surface area contributed by atoms with Gasteiger partial charge in [-0.05, 0) is 24.3 Å². The molecule has 0 heterocycles. The van der Waals surface area contributed by atoms with Crippen molar-refractivity contribution in [2.24, 2.45) is 0 Å². The third-order valence-electron chi connectivity index (χ3n) is 3.10. The van der Waals surface area contributed by atoms with E-state index in [4.69, 9.17) is 0 Å². The molecule has 1 atom stereocenters. The van der Waals surface area contributed by atoms with Gasteiger partial charge in [0.15, 0.2) is 0 Å². The summed E-state index contributed by atoms with van der Waals surface area (Å²) >= 11 is 0. The number of carbonyl (C=O) groups excluding carboxylic acids is 1. The van der Waals surface area contributed by atoms with Crippen LogP contribution in [0.4, 0.5) is 0 Å². The third-order valence-corrected chi connectivity index (χ3v) is 3.10. The minimum Gasteiger partial charge on any atom is -0.354 e. The molecule has 0 unspecified atom stereocenters. The van der Waals surface area contributed by atoms with Crippen LogP contribution in [0.2, 0.25) is 0 Å². The molecule has 94 valence electrons. The fraction of sp³-hybridized carbons (Fsp3) is 0.533. The molecular weight excluding hydrogens is 210 g/mol. The van der Waals surface area contributed by atoms with E-state index < -0.39 is 0 Å². The summed E-state index contributed by atoms with van der Waals surface area (Å²) in [4.78, 5) is 11.3. The van der Waals surface area contributed by atoms with E-state index in [9.17, 15) is 4.79 Å². The monoisotopic (exact) mass is 233 g/mol. The second-order valence-corrected chi connectivity index (χ2v) is 5.28. The van der Waals surface area contributed by atoms with Crippen molar-refractivity contribution >= 4 is 5.91 Å². The number of hydrogen-bond acceptors (Lipinski definition) is 1. The van der Waals surface area contributed by atoms with Crippen LogP contribution in [0.15, 0.2) is 30.3 Å². The van der Waals surface area contributed by atoms with Crippen molar-refractivity contribution in [1.29, 1.82) is 0 Å². The van der Waals surface area contributed by atoms with Gasteiger partial charge in [-0.3, -0.25) is 4.79 Å². The maximum absolute atomic E-state index is 11.3. The highest BCUT2D eigenvalue weighted by atomic mass is 16.1. The normalized spacial score (nSPS) is 13.2. The van der Waals surface area contributed by atoms with Crippen molar-refractivity contribution in [3.63, 3.8) is 0 Å². The van der Waals surface area contributed by atoms with Crippen molar-refractivity contribution in [3.8, 4) is 0 Å². The number of amides is 1. The maximum Gasteiger partial charge on any atom is 0.219 e. The lowest BCUT2D eigenvalue weighted by Gasteiger charge is -2.29. The van der Waals surface area contributed by atoms with Crippen LogP contribution in [0, 0.1) is 0 Å². The second kappa shape index (κ2) is 5.85. The van der Waals surface area contributed by atoms with Crippen LogP contribution in [0.3, 0.4) is 0 Å². The summed E-state index contributed by atoms with van der Waals surface area (Å²) in [5.41, 5.74) is 1.40. The number of carbonyl (C=O) groups is 1. The summed E-state index contributed by atoms with van der Waals surface area (Å²) in [7, 11) is 0. The highest BCUT2D eigenvalue weighted by Crippen LogP contribution is 2.28. The Morgan fingerprint density at radius 1 is 1.29 bits per heavy atom. The Hall–Kier alpha value is -1.31. The van der Waals surface area contributed by atoms with Crippen LogP contribution in [0.25, 0.3) is 0 Å². The van der Waals surface area contributed by atoms with Gasteiger partial charge in [0.05, 0.1) is 0 Å². The van der Waals surface area contributed by atoms with Crippen LogP contribution in [0.5, 0.6) is 0 Å². The molecule has 1 amide bonds. The van der Waals surface area contributed by atoms with Gasteiger partial charge in [-0.2, -0.15) is 0 Å². The van der Waals surface area contributed by atoms with Crippen LogP contribution in [-0.2, 0) is 10.2 Å². The molecule has 0 aromatic heterocycles. The Morgan fingerprint density at radius 2 is 1.88 bits per heavy atom. The summed E-state index contributed by atoms with van der Waals surface area (Å²) in [5.74, 6) is 0.126. The molecule has 2 nitrogen and oxygen atoms in total. The smallest absolute Gasteiger partial charge is 0.219 e. The highest BCUT2D eigenvalue weighted by molar-refractivity contribution is 5.75. The van der Waals surface area contributed by atoms with Gasteiger partial charge >= 0.3 is 0 Å². The van der Waals surface area contributed by atoms with Crippen LogP contribution in [-0.4, -0.2) is 11.9 Å². The first-order valence-electron chi connectivity index (χ1n) is 6.30. The van der Waals surface area contributed by atoms with Gasteiger partial charge in [-0.1, -0.05) is 51.1 Å². The van der Waals surface area contributed by atoms with Crippen LogP contribution < -0.4 is 5.32 Å². The van der Waals surface area contributed by atoms with Crippen molar-refractivity contribution in [1.82, 2.24) is 5.32 Å². The lowest BCUT2D eigenvalue weighted by molar-refractivity contribution is -0.121. The van der Waals surface area contributed by atoms with Crippen LogP contribution in [0.1, 0.15) is 46.1 Å². The van der Waals surface area contributed by atoms with Gasteiger partial charge < -0.3 is 5.32 Å². The minimum absolute atomic E-state index is 0.0850. The van der Waals surface area contributed by atoms with E-state index in [0.717, 1.165) is 6.42 Å². The average molecular weight is 233 g/mol. The fourth-order valence-corrected chi connectivity index (χ4v) is 2.20. The molecule has 1 N–H and O–H groups in total. The fourth-order valence-electron chi connectivity index (χ4n) is 2.20. The van der Waals surface area contributed by atoms with Crippen molar-refractivity contribution in [2.45, 2.75) is 52.0 Å². The first kappa shape index (κ1) is 13.8. The van der Waals surface area contributed by atoms with Gasteiger partial charge in [0, 0.05) is 12.5 Å². The second-order valence-electron chi connectivity index (χ2n) is 5.28. The van der Waals surface area contributed by atoms with Gasteiger partial charge in [0.2, 0.25) is 5.91 Å². The quantitative estimate of drug-likeness (QED) is 0.831. The summed E-state index contributed by atoms with van der Waals surface area (Å²) < 4.78 is 0. The minimum atomic E-state index is 0.0850. The molecule has 0 spiro atoms. The number of hydrogen-bond donors (Lipinski definition) is 1. The molecule has 0 aliphatic heterocycles. The Bertz CT molecular complexity index is 356. The molecule has 1 aromatic rings. The zero-order valence-corrected chi connectivity index (χ0v) is 11.3. The molecule has 1 rings (SSSR count). The lowest BCUT2D eigenvalue weighted by atomic mass is 9.79. The number of benzene rings is 1. The molecule has 0 bridgehead atoms. The van der Waals surface area contributed by atoms with Crippen molar-refractivity contribution < 1.29 is 4.79 Å². The van der Waals surface area contributed by atoms with E-state index in [1.54, 1.807) is 0 Å². The highest BCUT2D eigenvalue weighted by Gasteiger charge is 2.23. The molecular formula is C15H23NO. The third kappa shape index (κ3) is 4.22. The molecule has 2 heteroatoms. The molecule has 0 saturated heterocycles. The first-order valence-corrected chi connectivity index (χ1v) is 6.30. The molecule has 0 fully saturated rings. The van der Waals surface area contributed by atoms with E-state index in [1.165, 1.54) is 5.56 Å². The Balaban J connectivity index is 2.63. The molecule has 1 aromatic carbocycles. The summed E-state index contributed by atoms with van der Waals surface area (Å²) in [6.07, 6.45) is 1.50. The summed E-state index contributed by atoms with van der Waals surface area (Å²) in [5, 5.41) is 3.02.